The molecule has 1 saturated heterocycles. The van der Waals surface area contributed by atoms with E-state index in [4.69, 9.17) is 4.74 Å². The van der Waals surface area contributed by atoms with Crippen molar-refractivity contribution in [3.63, 3.8) is 0 Å². The number of thiophene rings is 1. The minimum absolute atomic E-state index is 0.0144. The Labute approximate surface area is 162 Å². The Bertz CT molecular complexity index is 921. The molecule has 1 fully saturated rings. The maximum atomic E-state index is 13.0. The van der Waals surface area contributed by atoms with Crippen molar-refractivity contribution < 1.29 is 9.53 Å². The predicted octanol–water partition coefficient (Wildman–Crippen LogP) is 2.50. The molecule has 4 rings (SSSR count). The van der Waals surface area contributed by atoms with Gasteiger partial charge in [-0.05, 0) is 45.6 Å². The number of nitrogens with one attached hydrogen (secondary N) is 1. The molecule has 0 bridgehead atoms. The van der Waals surface area contributed by atoms with Crippen molar-refractivity contribution >= 4 is 27.6 Å². The molecule has 8 heteroatoms. The van der Waals surface area contributed by atoms with Crippen molar-refractivity contribution in [1.82, 2.24) is 19.8 Å². The van der Waals surface area contributed by atoms with E-state index in [0.717, 1.165) is 40.1 Å². The summed E-state index contributed by atoms with van der Waals surface area (Å²) in [5.41, 5.74) is 0.810. The van der Waals surface area contributed by atoms with Gasteiger partial charge in [-0.25, -0.2) is 9.78 Å². The highest BCUT2D eigenvalue weighted by Gasteiger charge is 2.28. The molecule has 0 spiro atoms. The number of fused-ring (bicyclic) bond motifs is 3. The lowest BCUT2D eigenvalue weighted by molar-refractivity contribution is 0.0960. The molecule has 146 valence electrons. The third-order valence-electron chi connectivity index (χ3n) is 5.02. The average molecular weight is 391 g/mol. The van der Waals surface area contributed by atoms with Crippen molar-refractivity contribution in [2.75, 3.05) is 13.2 Å². The molecule has 4 heterocycles. The highest BCUT2D eigenvalue weighted by atomic mass is 32.1. The molecule has 0 radical (unpaired) electrons. The Morgan fingerprint density at radius 2 is 2.26 bits per heavy atom. The quantitative estimate of drug-likeness (QED) is 0.855. The van der Waals surface area contributed by atoms with E-state index in [0.29, 0.717) is 26.1 Å². The van der Waals surface area contributed by atoms with E-state index in [9.17, 15) is 9.59 Å². The Morgan fingerprint density at radius 3 is 2.96 bits per heavy atom. The minimum Gasteiger partial charge on any atom is -0.376 e. The van der Waals surface area contributed by atoms with Crippen molar-refractivity contribution in [1.29, 1.82) is 0 Å². The van der Waals surface area contributed by atoms with Crippen LogP contribution in [0.25, 0.3) is 10.2 Å². The highest BCUT2D eigenvalue weighted by Crippen LogP contribution is 2.32. The van der Waals surface area contributed by atoms with Gasteiger partial charge in [-0.15, -0.1) is 11.3 Å². The fourth-order valence-corrected chi connectivity index (χ4v) is 4.92. The standard InChI is InChI=1S/C19H26N4O3S/c1-19(2,3)21-18(25)22-7-6-13-14(10-22)27-16-15(13)17(24)23(11-20-16)9-12-5-4-8-26-12/h11-12H,4-10H2,1-3H3,(H,21,25). The first kappa shape index (κ1) is 18.4. The van der Waals surface area contributed by atoms with Gasteiger partial charge in [0.15, 0.2) is 0 Å². The maximum absolute atomic E-state index is 13.0. The molecule has 2 aromatic heterocycles. The Morgan fingerprint density at radius 1 is 1.44 bits per heavy atom. The number of aromatic nitrogens is 2. The zero-order valence-electron chi connectivity index (χ0n) is 16.1. The van der Waals surface area contributed by atoms with E-state index < -0.39 is 0 Å². The highest BCUT2D eigenvalue weighted by molar-refractivity contribution is 7.18. The van der Waals surface area contributed by atoms with E-state index in [-0.39, 0.29) is 23.2 Å². The van der Waals surface area contributed by atoms with Gasteiger partial charge in [0.1, 0.15) is 4.83 Å². The lowest BCUT2D eigenvalue weighted by Gasteiger charge is -2.31. The van der Waals surface area contributed by atoms with Crippen LogP contribution in [0.2, 0.25) is 0 Å². The van der Waals surface area contributed by atoms with Gasteiger partial charge >= 0.3 is 6.03 Å². The average Bonchev–Trinajstić information content (AvgIpc) is 3.22. The number of hydrogen-bond donors (Lipinski definition) is 1. The van der Waals surface area contributed by atoms with Gasteiger partial charge in [0.05, 0.1) is 30.9 Å². The molecule has 1 unspecified atom stereocenters. The first-order valence-electron chi connectivity index (χ1n) is 9.50. The lowest BCUT2D eigenvalue weighted by Crippen LogP contribution is -2.49. The second kappa shape index (κ2) is 6.91. The summed E-state index contributed by atoms with van der Waals surface area (Å²) in [6.45, 7) is 8.40. The summed E-state index contributed by atoms with van der Waals surface area (Å²) in [5.74, 6) is 0. The van der Waals surface area contributed by atoms with Crippen LogP contribution in [0.15, 0.2) is 11.1 Å². The summed E-state index contributed by atoms with van der Waals surface area (Å²) >= 11 is 1.53. The van der Waals surface area contributed by atoms with Crippen molar-refractivity contribution in [3.8, 4) is 0 Å². The SMILES string of the molecule is CC(C)(C)NC(=O)N1CCc2c(sc3ncn(CC4CCCO4)c(=O)c23)C1. The van der Waals surface area contributed by atoms with Crippen LogP contribution in [0, 0.1) is 0 Å². The third kappa shape index (κ3) is 3.73. The summed E-state index contributed by atoms with van der Waals surface area (Å²) in [4.78, 5) is 33.7. The predicted molar refractivity (Wildman–Crippen MR) is 105 cm³/mol. The van der Waals surface area contributed by atoms with Gasteiger partial charge < -0.3 is 15.0 Å². The maximum Gasteiger partial charge on any atom is 0.318 e. The van der Waals surface area contributed by atoms with E-state index in [1.807, 2.05) is 25.7 Å². The third-order valence-corrected chi connectivity index (χ3v) is 6.15. The molecule has 2 amide bonds. The molecule has 2 aromatic rings. The zero-order chi connectivity index (χ0) is 19.2. The van der Waals surface area contributed by atoms with Crippen LogP contribution in [0.3, 0.4) is 0 Å². The number of ether oxygens (including phenoxy) is 1. The summed E-state index contributed by atoms with van der Waals surface area (Å²) < 4.78 is 7.35. The van der Waals surface area contributed by atoms with E-state index in [2.05, 4.69) is 10.3 Å². The Balaban J connectivity index is 1.60. The fourth-order valence-electron chi connectivity index (χ4n) is 3.73. The van der Waals surface area contributed by atoms with Crippen molar-refractivity contribution in [2.45, 2.75) is 64.8 Å². The lowest BCUT2D eigenvalue weighted by atomic mass is 10.1. The van der Waals surface area contributed by atoms with Crippen molar-refractivity contribution in [2.24, 2.45) is 0 Å². The summed E-state index contributed by atoms with van der Waals surface area (Å²) in [6, 6.07) is -0.0608. The molecule has 7 nitrogen and oxygen atoms in total. The molecule has 1 N–H and O–H groups in total. The fraction of sp³-hybridized carbons (Fsp3) is 0.632. The first-order valence-corrected chi connectivity index (χ1v) is 10.3. The van der Waals surface area contributed by atoms with Gasteiger partial charge in [-0.2, -0.15) is 0 Å². The van der Waals surface area contributed by atoms with Crippen LogP contribution in [-0.4, -0.2) is 45.3 Å². The van der Waals surface area contributed by atoms with Gasteiger partial charge in [-0.3, -0.25) is 9.36 Å². The second-order valence-electron chi connectivity index (χ2n) is 8.37. The van der Waals surface area contributed by atoms with Gasteiger partial charge in [-0.1, -0.05) is 0 Å². The largest absolute Gasteiger partial charge is 0.376 e. The van der Waals surface area contributed by atoms with Crippen LogP contribution in [0.1, 0.15) is 44.1 Å². The number of rotatable bonds is 2. The molecular weight excluding hydrogens is 364 g/mol. The number of urea groups is 1. The number of amides is 2. The molecule has 2 aliphatic rings. The zero-order valence-corrected chi connectivity index (χ0v) is 16.9. The minimum atomic E-state index is -0.269. The normalized spacial score (nSPS) is 20.1. The molecule has 0 aliphatic carbocycles. The molecule has 0 aromatic carbocycles. The Hall–Kier alpha value is -1.93. The van der Waals surface area contributed by atoms with Gasteiger partial charge in [0.2, 0.25) is 0 Å². The number of hydrogen-bond acceptors (Lipinski definition) is 5. The van der Waals surface area contributed by atoms with Gasteiger partial charge in [0.25, 0.3) is 5.56 Å². The van der Waals surface area contributed by atoms with E-state index >= 15 is 0 Å². The van der Waals surface area contributed by atoms with Crippen LogP contribution in [0.5, 0.6) is 0 Å². The Kier molecular flexibility index (Phi) is 4.71. The number of carbonyl (C=O) groups is 1. The second-order valence-corrected chi connectivity index (χ2v) is 9.46. The smallest absolute Gasteiger partial charge is 0.318 e. The van der Waals surface area contributed by atoms with Gasteiger partial charge in [0, 0.05) is 23.6 Å². The molecule has 1 atom stereocenters. The molecule has 27 heavy (non-hydrogen) atoms. The monoisotopic (exact) mass is 390 g/mol. The van der Waals surface area contributed by atoms with E-state index in [1.54, 1.807) is 10.9 Å². The summed E-state index contributed by atoms with van der Waals surface area (Å²) in [5, 5.41) is 3.74. The molecule has 0 saturated carbocycles. The van der Waals surface area contributed by atoms with E-state index in [1.165, 1.54) is 11.3 Å². The van der Waals surface area contributed by atoms with Crippen molar-refractivity contribution in [3.05, 3.63) is 27.1 Å². The van der Waals surface area contributed by atoms with Crippen LogP contribution < -0.4 is 10.9 Å². The van der Waals surface area contributed by atoms with Crippen LogP contribution >= 0.6 is 11.3 Å². The summed E-state index contributed by atoms with van der Waals surface area (Å²) in [7, 11) is 0. The first-order chi connectivity index (χ1) is 12.8. The summed E-state index contributed by atoms with van der Waals surface area (Å²) in [6.07, 6.45) is 4.47. The van der Waals surface area contributed by atoms with Crippen LogP contribution in [0.4, 0.5) is 4.79 Å². The topological polar surface area (TPSA) is 76.5 Å². The molecule has 2 aliphatic heterocycles. The van der Waals surface area contributed by atoms with Crippen LogP contribution in [-0.2, 0) is 24.2 Å². The molecular formula is C19H26N4O3S. The number of carbonyl (C=O) groups excluding carboxylic acids is 1. The number of nitrogens with zero attached hydrogens (tertiary/aromatic N) is 3.